The van der Waals surface area contributed by atoms with Gasteiger partial charge in [-0.2, -0.15) is 0 Å². The summed E-state index contributed by atoms with van der Waals surface area (Å²) in [6.45, 7) is 0.261. The van der Waals surface area contributed by atoms with Crippen molar-refractivity contribution in [1.29, 1.82) is 0 Å². The van der Waals surface area contributed by atoms with Gasteiger partial charge in [0.1, 0.15) is 23.8 Å². The normalized spacial score (nSPS) is 13.8. The molecule has 0 bridgehead atoms. The lowest BCUT2D eigenvalue weighted by Crippen LogP contribution is -2.56. The molecule has 9 heteroatoms. The van der Waals surface area contributed by atoms with Crippen molar-refractivity contribution >= 4 is 29.1 Å². The Morgan fingerprint density at radius 2 is 1.67 bits per heavy atom. The Labute approximate surface area is 174 Å². The van der Waals surface area contributed by atoms with Gasteiger partial charge < -0.3 is 29.3 Å². The molecule has 3 rings (SSSR count). The van der Waals surface area contributed by atoms with Gasteiger partial charge in [0.15, 0.2) is 0 Å². The number of hydrogen-bond donors (Lipinski definition) is 1. The van der Waals surface area contributed by atoms with Crippen molar-refractivity contribution in [3.8, 4) is 17.2 Å². The van der Waals surface area contributed by atoms with E-state index in [1.165, 1.54) is 31.1 Å². The maximum Gasteiger partial charge on any atom is 0.316 e. The fourth-order valence-electron chi connectivity index (χ4n) is 3.11. The number of methoxy groups -OCH3 is 3. The highest BCUT2D eigenvalue weighted by atomic mass is 16.5. The van der Waals surface area contributed by atoms with E-state index >= 15 is 0 Å². The molecule has 0 spiro atoms. The van der Waals surface area contributed by atoms with Crippen LogP contribution in [0.25, 0.3) is 0 Å². The zero-order chi connectivity index (χ0) is 21.7. The molecule has 0 saturated carbocycles. The number of nitrogens with one attached hydrogen (secondary N) is 1. The van der Waals surface area contributed by atoms with Gasteiger partial charge in [0.25, 0.3) is 0 Å². The van der Waals surface area contributed by atoms with Crippen molar-refractivity contribution in [3.05, 3.63) is 42.5 Å². The zero-order valence-electron chi connectivity index (χ0n) is 17.0. The van der Waals surface area contributed by atoms with Gasteiger partial charge in [-0.1, -0.05) is 6.07 Å². The number of ether oxygens (including phenoxy) is 3. The molecule has 30 heavy (non-hydrogen) atoms. The number of hydrogen-bond acceptors (Lipinski definition) is 6. The lowest BCUT2D eigenvalue weighted by molar-refractivity contribution is -0.147. The molecule has 0 aromatic heterocycles. The lowest BCUT2D eigenvalue weighted by Gasteiger charge is -2.33. The minimum Gasteiger partial charge on any atom is -0.497 e. The predicted octanol–water partition coefficient (Wildman–Crippen LogP) is 1.53. The van der Waals surface area contributed by atoms with Crippen LogP contribution in [-0.2, 0) is 14.4 Å². The molecule has 0 atom stereocenters. The fraction of sp³-hybridized carbons (Fsp3) is 0.286. The number of anilines is 2. The molecule has 1 fully saturated rings. The monoisotopic (exact) mass is 413 g/mol. The van der Waals surface area contributed by atoms with Crippen molar-refractivity contribution in [3.63, 3.8) is 0 Å². The molecule has 0 aliphatic carbocycles. The average Bonchev–Trinajstić information content (AvgIpc) is 2.77. The van der Waals surface area contributed by atoms with Gasteiger partial charge in [0.2, 0.25) is 5.91 Å². The minimum atomic E-state index is -0.735. The van der Waals surface area contributed by atoms with Crippen LogP contribution in [0.5, 0.6) is 17.2 Å². The Hall–Kier alpha value is -3.75. The highest BCUT2D eigenvalue weighted by molar-refractivity contribution is 6.41. The topological polar surface area (TPSA) is 97.4 Å². The molecule has 0 radical (unpaired) electrons. The van der Waals surface area contributed by atoms with Crippen LogP contribution in [0.4, 0.5) is 11.4 Å². The largest absolute Gasteiger partial charge is 0.497 e. The van der Waals surface area contributed by atoms with Crippen LogP contribution in [0.2, 0.25) is 0 Å². The number of carbonyl (C=O) groups excluding carboxylic acids is 3. The summed E-state index contributed by atoms with van der Waals surface area (Å²) in [6.07, 6.45) is 0. The molecule has 158 valence electrons. The van der Waals surface area contributed by atoms with E-state index in [2.05, 4.69) is 5.32 Å². The lowest BCUT2D eigenvalue weighted by atomic mass is 10.2. The molecule has 2 aromatic rings. The summed E-state index contributed by atoms with van der Waals surface area (Å²) in [5.74, 6) is -0.269. The van der Waals surface area contributed by atoms with Gasteiger partial charge in [0.05, 0.1) is 27.0 Å². The molecule has 0 unspecified atom stereocenters. The van der Waals surface area contributed by atoms with Crippen molar-refractivity contribution < 1.29 is 28.6 Å². The smallest absolute Gasteiger partial charge is 0.316 e. The third-order valence-electron chi connectivity index (χ3n) is 4.69. The van der Waals surface area contributed by atoms with Crippen LogP contribution < -0.4 is 24.4 Å². The number of amides is 3. The fourth-order valence-corrected chi connectivity index (χ4v) is 3.11. The Morgan fingerprint density at radius 1 is 0.933 bits per heavy atom. The van der Waals surface area contributed by atoms with Crippen molar-refractivity contribution in [1.82, 2.24) is 4.90 Å². The molecule has 1 aliphatic heterocycles. The van der Waals surface area contributed by atoms with E-state index < -0.39 is 17.7 Å². The molecular weight excluding hydrogens is 390 g/mol. The Morgan fingerprint density at radius 3 is 2.37 bits per heavy atom. The third kappa shape index (κ3) is 4.45. The Balaban J connectivity index is 1.65. The molecule has 1 heterocycles. The van der Waals surface area contributed by atoms with Gasteiger partial charge in [-0.15, -0.1) is 0 Å². The van der Waals surface area contributed by atoms with Gasteiger partial charge >= 0.3 is 11.8 Å². The van der Waals surface area contributed by atoms with Crippen LogP contribution in [0.15, 0.2) is 42.5 Å². The maximum atomic E-state index is 12.6. The van der Waals surface area contributed by atoms with Crippen LogP contribution >= 0.6 is 0 Å². The number of rotatable bonds is 7. The predicted molar refractivity (Wildman–Crippen MR) is 110 cm³/mol. The zero-order valence-corrected chi connectivity index (χ0v) is 17.0. The number of benzene rings is 2. The summed E-state index contributed by atoms with van der Waals surface area (Å²) < 4.78 is 15.5. The standard InChI is InChI=1S/C21H23N3O6/c1-28-15-6-4-5-14(11-15)24-10-9-23(20(26)21(24)27)13-19(25)22-17-8-7-16(29-2)12-18(17)30-3/h4-8,11-12H,9-10,13H2,1-3H3,(H,22,25). The Bertz CT molecular complexity index is 962. The second kappa shape index (κ2) is 9.17. The van der Waals surface area contributed by atoms with Crippen LogP contribution in [0.3, 0.4) is 0 Å². The second-order valence-electron chi connectivity index (χ2n) is 6.50. The van der Waals surface area contributed by atoms with Crippen LogP contribution in [-0.4, -0.2) is 63.6 Å². The minimum absolute atomic E-state index is 0.231. The second-order valence-corrected chi connectivity index (χ2v) is 6.50. The summed E-state index contributed by atoms with van der Waals surface area (Å²) in [5, 5.41) is 2.70. The van der Waals surface area contributed by atoms with E-state index in [9.17, 15) is 14.4 Å². The number of nitrogens with zero attached hydrogens (tertiary/aromatic N) is 2. The van der Waals surface area contributed by atoms with E-state index in [-0.39, 0.29) is 19.6 Å². The quantitative estimate of drug-likeness (QED) is 0.692. The summed E-state index contributed by atoms with van der Waals surface area (Å²) in [6, 6.07) is 11.9. The van der Waals surface area contributed by atoms with E-state index in [1.807, 2.05) is 0 Å². The number of piperazine rings is 1. The molecular formula is C21H23N3O6. The van der Waals surface area contributed by atoms with Crippen LogP contribution in [0, 0.1) is 0 Å². The third-order valence-corrected chi connectivity index (χ3v) is 4.69. The highest BCUT2D eigenvalue weighted by Crippen LogP contribution is 2.29. The van der Waals surface area contributed by atoms with Crippen molar-refractivity contribution in [2.24, 2.45) is 0 Å². The van der Waals surface area contributed by atoms with Gasteiger partial charge in [-0.3, -0.25) is 14.4 Å². The molecule has 1 aliphatic rings. The van der Waals surface area contributed by atoms with E-state index in [0.717, 1.165) is 0 Å². The van der Waals surface area contributed by atoms with E-state index in [1.54, 1.807) is 42.5 Å². The molecule has 3 amide bonds. The summed E-state index contributed by atoms with van der Waals surface area (Å²) in [5.41, 5.74) is 1.01. The molecule has 1 saturated heterocycles. The summed E-state index contributed by atoms with van der Waals surface area (Å²) >= 11 is 0. The first-order chi connectivity index (χ1) is 14.5. The van der Waals surface area contributed by atoms with Gasteiger partial charge in [-0.25, -0.2) is 0 Å². The van der Waals surface area contributed by atoms with Gasteiger partial charge in [-0.05, 0) is 24.3 Å². The van der Waals surface area contributed by atoms with Gasteiger partial charge in [0, 0.05) is 30.9 Å². The molecule has 9 nitrogen and oxygen atoms in total. The highest BCUT2D eigenvalue weighted by Gasteiger charge is 2.34. The van der Waals surface area contributed by atoms with Crippen LogP contribution in [0.1, 0.15) is 0 Å². The SMILES string of the molecule is COc1cccc(N2CCN(CC(=O)Nc3ccc(OC)cc3OC)C(=O)C2=O)c1. The first kappa shape index (κ1) is 21.0. The molecule has 2 aromatic carbocycles. The average molecular weight is 413 g/mol. The first-order valence-electron chi connectivity index (χ1n) is 9.23. The number of carbonyl (C=O) groups is 3. The molecule has 1 N–H and O–H groups in total. The van der Waals surface area contributed by atoms with E-state index in [0.29, 0.717) is 28.6 Å². The first-order valence-corrected chi connectivity index (χ1v) is 9.23. The van der Waals surface area contributed by atoms with Crippen molar-refractivity contribution in [2.45, 2.75) is 0 Å². The van der Waals surface area contributed by atoms with E-state index in [4.69, 9.17) is 14.2 Å². The summed E-state index contributed by atoms with van der Waals surface area (Å²) in [7, 11) is 4.53. The summed E-state index contributed by atoms with van der Waals surface area (Å²) in [4.78, 5) is 40.2. The van der Waals surface area contributed by atoms with Crippen molar-refractivity contribution in [2.75, 3.05) is 51.2 Å². The maximum absolute atomic E-state index is 12.6. The Kier molecular flexibility index (Phi) is 6.41.